The third kappa shape index (κ3) is 2.33. The Morgan fingerprint density at radius 1 is 1.59 bits per heavy atom. The molecule has 1 atom stereocenters. The Morgan fingerprint density at radius 3 is 3.09 bits per heavy atom. The first-order valence-electron chi connectivity index (χ1n) is 6.82. The van der Waals surface area contributed by atoms with Crippen LogP contribution in [-0.4, -0.2) is 27.3 Å². The first-order chi connectivity index (χ1) is 10.6. The lowest BCUT2D eigenvalue weighted by molar-refractivity contribution is -0.138. The van der Waals surface area contributed by atoms with E-state index < -0.39 is 0 Å². The molecule has 1 aliphatic rings. The van der Waals surface area contributed by atoms with E-state index in [1.165, 1.54) is 6.33 Å². The molecule has 114 valence electrons. The Morgan fingerprint density at radius 2 is 2.41 bits per heavy atom. The van der Waals surface area contributed by atoms with Gasteiger partial charge in [-0.25, -0.2) is 9.48 Å². The number of aromatic nitrogens is 3. The van der Waals surface area contributed by atoms with Gasteiger partial charge >= 0.3 is 5.97 Å². The maximum atomic E-state index is 12.5. The van der Waals surface area contributed by atoms with Crippen molar-refractivity contribution in [3.8, 4) is 0 Å². The average Bonchev–Trinajstić information content (AvgIpc) is 3.11. The number of ether oxygens (including phenoxy) is 1. The monoisotopic (exact) mass is 316 g/mol. The van der Waals surface area contributed by atoms with Gasteiger partial charge in [0.05, 0.1) is 5.57 Å². The number of allylic oxidation sites excluding steroid dienone is 1. The standard InChI is InChI=1S/C15H16N4O2S/c1-4-6-21-14(20)11-10(3)18-15-16-8-17-19(15)12(11)13-9(2)5-7-22-13/h4-5,7-8,12H,1,6H2,2-3H3,(H,16,17,18). The van der Waals surface area contributed by atoms with Crippen molar-refractivity contribution in [1.82, 2.24) is 14.8 Å². The quantitative estimate of drug-likeness (QED) is 0.694. The lowest BCUT2D eigenvalue weighted by Crippen LogP contribution is -2.29. The zero-order valence-electron chi connectivity index (χ0n) is 12.4. The molecule has 0 saturated heterocycles. The number of carbonyl (C=O) groups is 1. The Bertz CT molecular complexity index is 759. The topological polar surface area (TPSA) is 69.0 Å². The summed E-state index contributed by atoms with van der Waals surface area (Å²) in [6.07, 6.45) is 3.03. The lowest BCUT2D eigenvalue weighted by Gasteiger charge is -2.27. The molecule has 0 aromatic carbocycles. The summed E-state index contributed by atoms with van der Waals surface area (Å²) in [5.74, 6) is 0.249. The van der Waals surface area contributed by atoms with Gasteiger partial charge in [0.1, 0.15) is 19.0 Å². The molecule has 2 aromatic rings. The Balaban J connectivity index is 2.10. The van der Waals surface area contributed by atoms with Crippen molar-refractivity contribution in [2.75, 3.05) is 11.9 Å². The minimum atomic E-state index is -0.371. The Labute approximate surface area is 132 Å². The fraction of sp³-hybridized carbons (Fsp3) is 0.267. The van der Waals surface area contributed by atoms with Gasteiger partial charge in [0.25, 0.3) is 0 Å². The summed E-state index contributed by atoms with van der Waals surface area (Å²) < 4.78 is 6.97. The maximum Gasteiger partial charge on any atom is 0.338 e. The van der Waals surface area contributed by atoms with Crippen LogP contribution in [0.25, 0.3) is 0 Å². The molecule has 3 rings (SSSR count). The largest absolute Gasteiger partial charge is 0.458 e. The molecule has 7 heteroatoms. The van der Waals surface area contributed by atoms with Crippen LogP contribution in [0.15, 0.2) is 41.7 Å². The van der Waals surface area contributed by atoms with Crippen molar-refractivity contribution >= 4 is 23.3 Å². The molecule has 0 aliphatic carbocycles. The van der Waals surface area contributed by atoms with Crippen molar-refractivity contribution in [2.45, 2.75) is 19.9 Å². The van der Waals surface area contributed by atoms with E-state index in [-0.39, 0.29) is 18.6 Å². The molecule has 0 spiro atoms. The fourth-order valence-electron chi connectivity index (χ4n) is 2.47. The molecule has 1 aliphatic heterocycles. The first kappa shape index (κ1) is 14.5. The SMILES string of the molecule is C=CCOC(=O)C1=C(C)Nc2ncnn2C1c1sccc1C. The minimum Gasteiger partial charge on any atom is -0.458 e. The van der Waals surface area contributed by atoms with Gasteiger partial charge in [0, 0.05) is 10.6 Å². The Kier molecular flexibility index (Phi) is 3.81. The predicted molar refractivity (Wildman–Crippen MR) is 84.7 cm³/mol. The van der Waals surface area contributed by atoms with Gasteiger partial charge in [-0.3, -0.25) is 0 Å². The molecular formula is C15H16N4O2S. The van der Waals surface area contributed by atoms with E-state index >= 15 is 0 Å². The molecule has 1 N–H and O–H groups in total. The molecule has 0 fully saturated rings. The van der Waals surface area contributed by atoms with Gasteiger partial charge in [-0.15, -0.1) is 11.3 Å². The van der Waals surface area contributed by atoms with Crippen molar-refractivity contribution in [3.63, 3.8) is 0 Å². The Hall–Kier alpha value is -2.41. The molecule has 0 saturated carbocycles. The van der Waals surface area contributed by atoms with Gasteiger partial charge in [-0.05, 0) is 30.9 Å². The number of hydrogen-bond donors (Lipinski definition) is 1. The summed E-state index contributed by atoms with van der Waals surface area (Å²) in [5.41, 5.74) is 2.39. The molecule has 2 aromatic heterocycles. The third-order valence-electron chi connectivity index (χ3n) is 3.50. The van der Waals surface area contributed by atoms with Crippen LogP contribution in [0.2, 0.25) is 0 Å². The van der Waals surface area contributed by atoms with E-state index in [1.807, 2.05) is 25.3 Å². The van der Waals surface area contributed by atoms with Gasteiger partial charge in [-0.1, -0.05) is 12.7 Å². The smallest absolute Gasteiger partial charge is 0.338 e. The number of anilines is 1. The number of nitrogens with one attached hydrogen (secondary N) is 1. The van der Waals surface area contributed by atoms with Crippen LogP contribution in [0.4, 0.5) is 5.95 Å². The highest BCUT2D eigenvalue weighted by Gasteiger charge is 2.35. The number of hydrogen-bond acceptors (Lipinski definition) is 6. The number of thiophene rings is 1. The van der Waals surface area contributed by atoms with Gasteiger partial charge in [-0.2, -0.15) is 10.1 Å². The highest BCUT2D eigenvalue weighted by Crippen LogP contribution is 2.38. The highest BCUT2D eigenvalue weighted by atomic mass is 32.1. The van der Waals surface area contributed by atoms with Crippen molar-refractivity contribution in [3.05, 3.63) is 52.1 Å². The maximum absolute atomic E-state index is 12.5. The molecule has 3 heterocycles. The normalized spacial score (nSPS) is 16.9. The zero-order chi connectivity index (χ0) is 15.7. The molecule has 6 nitrogen and oxygen atoms in total. The fourth-order valence-corrected chi connectivity index (χ4v) is 3.49. The number of carbonyl (C=O) groups excluding carboxylic acids is 1. The van der Waals surface area contributed by atoms with Crippen LogP contribution in [-0.2, 0) is 9.53 Å². The number of aryl methyl sites for hydroxylation is 1. The second-order valence-corrected chi connectivity index (χ2v) is 5.90. The summed E-state index contributed by atoms with van der Waals surface area (Å²) >= 11 is 1.59. The van der Waals surface area contributed by atoms with Crippen LogP contribution in [0.5, 0.6) is 0 Å². The van der Waals surface area contributed by atoms with Crippen molar-refractivity contribution in [2.24, 2.45) is 0 Å². The van der Waals surface area contributed by atoms with Crippen molar-refractivity contribution in [1.29, 1.82) is 0 Å². The van der Waals surface area contributed by atoms with Crippen LogP contribution in [0.3, 0.4) is 0 Å². The number of rotatable bonds is 4. The first-order valence-corrected chi connectivity index (χ1v) is 7.70. The van der Waals surface area contributed by atoms with Crippen molar-refractivity contribution < 1.29 is 9.53 Å². The summed E-state index contributed by atoms with van der Waals surface area (Å²) in [6, 6.07) is 1.71. The predicted octanol–water partition coefficient (Wildman–Crippen LogP) is 2.67. The van der Waals surface area contributed by atoms with Crippen LogP contribution in [0.1, 0.15) is 23.4 Å². The third-order valence-corrected chi connectivity index (χ3v) is 4.57. The van der Waals surface area contributed by atoms with E-state index in [9.17, 15) is 4.79 Å². The summed E-state index contributed by atoms with van der Waals surface area (Å²) in [4.78, 5) is 17.7. The molecular weight excluding hydrogens is 300 g/mol. The molecule has 0 bridgehead atoms. The molecule has 0 radical (unpaired) electrons. The van der Waals surface area contributed by atoms with E-state index in [2.05, 4.69) is 22.0 Å². The number of esters is 1. The number of nitrogens with zero attached hydrogens (tertiary/aromatic N) is 3. The van der Waals surface area contributed by atoms with Crippen LogP contribution >= 0.6 is 11.3 Å². The second kappa shape index (κ2) is 5.76. The van der Waals surface area contributed by atoms with E-state index in [1.54, 1.807) is 22.1 Å². The minimum absolute atomic E-state index is 0.177. The average molecular weight is 316 g/mol. The van der Waals surface area contributed by atoms with Crippen LogP contribution < -0.4 is 5.32 Å². The van der Waals surface area contributed by atoms with E-state index in [0.29, 0.717) is 11.5 Å². The molecule has 0 amide bonds. The highest BCUT2D eigenvalue weighted by molar-refractivity contribution is 7.10. The molecule has 1 unspecified atom stereocenters. The summed E-state index contributed by atoms with van der Waals surface area (Å²) in [7, 11) is 0. The van der Waals surface area contributed by atoms with Crippen LogP contribution in [0, 0.1) is 6.92 Å². The summed E-state index contributed by atoms with van der Waals surface area (Å²) in [6.45, 7) is 7.62. The summed E-state index contributed by atoms with van der Waals surface area (Å²) in [5, 5.41) is 9.38. The number of fused-ring (bicyclic) bond motifs is 1. The van der Waals surface area contributed by atoms with E-state index in [0.717, 1.165) is 16.1 Å². The van der Waals surface area contributed by atoms with Gasteiger partial charge in [0.15, 0.2) is 0 Å². The second-order valence-electron chi connectivity index (χ2n) is 4.95. The molecule has 22 heavy (non-hydrogen) atoms. The zero-order valence-corrected chi connectivity index (χ0v) is 13.2. The van der Waals surface area contributed by atoms with Gasteiger partial charge in [0.2, 0.25) is 5.95 Å². The van der Waals surface area contributed by atoms with Gasteiger partial charge < -0.3 is 10.1 Å². The lowest BCUT2D eigenvalue weighted by atomic mass is 10.00. The van der Waals surface area contributed by atoms with E-state index in [4.69, 9.17) is 4.74 Å².